The second-order valence-electron chi connectivity index (χ2n) is 13.0. The molecule has 5 N–H and O–H groups in total. The molecular formula is C30H38ClF3N8O4. The molecule has 6 rings (SSSR count). The summed E-state index contributed by atoms with van der Waals surface area (Å²) in [5.74, 6) is -0.618. The smallest absolute Gasteiger partial charge is 0.397 e. The number of carbonyl (C=O) groups is 1. The maximum Gasteiger partial charge on any atom is 0.417 e. The Hall–Kier alpha value is -3.24. The summed E-state index contributed by atoms with van der Waals surface area (Å²) in [6.07, 6.45) is -0.661. The molecule has 250 valence electrons. The number of nitrogens with two attached hydrogens (primary N) is 2. The number of nitrogens with zero attached hydrogens (tertiary/aromatic N) is 5. The Bertz CT molecular complexity index is 1610. The van der Waals surface area contributed by atoms with Gasteiger partial charge >= 0.3 is 6.18 Å². The van der Waals surface area contributed by atoms with Gasteiger partial charge in [0.1, 0.15) is 30.2 Å². The van der Waals surface area contributed by atoms with E-state index < -0.39 is 40.8 Å². The maximum absolute atomic E-state index is 13.3. The zero-order chi connectivity index (χ0) is 33.1. The lowest BCUT2D eigenvalue weighted by atomic mass is 9.76. The van der Waals surface area contributed by atoms with Gasteiger partial charge in [-0.05, 0) is 65.0 Å². The van der Waals surface area contributed by atoms with Crippen molar-refractivity contribution in [3.8, 4) is 0 Å². The average molecular weight is 667 g/mol. The first kappa shape index (κ1) is 32.7. The number of halogens is 4. The van der Waals surface area contributed by atoms with Gasteiger partial charge in [-0.25, -0.2) is 15.0 Å². The monoisotopic (exact) mass is 666 g/mol. The van der Waals surface area contributed by atoms with Crippen LogP contribution in [-0.2, 0) is 25.2 Å². The highest BCUT2D eigenvalue weighted by Gasteiger charge is 2.57. The number of amides is 1. The third-order valence-corrected chi connectivity index (χ3v) is 9.33. The third kappa shape index (κ3) is 6.35. The van der Waals surface area contributed by atoms with Crippen LogP contribution in [0.3, 0.4) is 0 Å². The summed E-state index contributed by atoms with van der Waals surface area (Å²) in [6, 6.07) is 2.26. The number of ether oxygens (including phenoxy) is 3. The Morgan fingerprint density at radius 2 is 1.89 bits per heavy atom. The fourth-order valence-electron chi connectivity index (χ4n) is 6.74. The Balaban J connectivity index is 1.07. The van der Waals surface area contributed by atoms with E-state index >= 15 is 0 Å². The van der Waals surface area contributed by atoms with E-state index in [1.54, 1.807) is 6.33 Å². The van der Waals surface area contributed by atoms with Gasteiger partial charge in [0, 0.05) is 25.0 Å². The van der Waals surface area contributed by atoms with E-state index in [0.717, 1.165) is 25.0 Å². The molecule has 46 heavy (non-hydrogen) atoms. The van der Waals surface area contributed by atoms with Crippen LogP contribution in [0.4, 0.5) is 30.4 Å². The molecule has 4 heterocycles. The lowest BCUT2D eigenvalue weighted by Gasteiger charge is -2.46. The first-order valence-electron chi connectivity index (χ1n) is 15.3. The predicted octanol–water partition coefficient (Wildman–Crippen LogP) is 4.99. The molecule has 0 spiro atoms. The van der Waals surface area contributed by atoms with Crippen molar-refractivity contribution < 1.29 is 32.2 Å². The number of aromatic nitrogens is 4. The lowest BCUT2D eigenvalue weighted by Crippen LogP contribution is -2.52. The van der Waals surface area contributed by atoms with Crippen LogP contribution in [0.5, 0.6) is 0 Å². The van der Waals surface area contributed by atoms with Gasteiger partial charge in [0.05, 0.1) is 28.3 Å². The van der Waals surface area contributed by atoms with Gasteiger partial charge in [0.25, 0.3) is 0 Å². The quantitative estimate of drug-likeness (QED) is 0.266. The van der Waals surface area contributed by atoms with Crippen LogP contribution in [0.1, 0.15) is 65.2 Å². The molecule has 4 atom stereocenters. The number of fused-ring (bicyclic) bond motifs is 2. The van der Waals surface area contributed by atoms with E-state index in [4.69, 9.17) is 37.3 Å². The van der Waals surface area contributed by atoms with Gasteiger partial charge in [-0.15, -0.1) is 0 Å². The third-order valence-electron chi connectivity index (χ3n) is 9.02. The fraction of sp³-hybridized carbons (Fsp3) is 0.600. The molecule has 16 heteroatoms. The van der Waals surface area contributed by atoms with Crippen LogP contribution in [0, 0.1) is 5.92 Å². The highest BCUT2D eigenvalue weighted by atomic mass is 35.5. The number of carbonyl (C=O) groups excluding carboxylic acids is 1. The van der Waals surface area contributed by atoms with Crippen LogP contribution in [0.2, 0.25) is 5.02 Å². The molecule has 3 fully saturated rings. The van der Waals surface area contributed by atoms with E-state index in [1.165, 1.54) is 6.33 Å². The largest absolute Gasteiger partial charge is 0.417 e. The second kappa shape index (κ2) is 12.1. The summed E-state index contributed by atoms with van der Waals surface area (Å²) >= 11 is 5.71. The summed E-state index contributed by atoms with van der Waals surface area (Å²) < 4.78 is 60.9. The van der Waals surface area contributed by atoms with Crippen molar-refractivity contribution >= 4 is 45.9 Å². The first-order valence-corrected chi connectivity index (χ1v) is 15.6. The van der Waals surface area contributed by atoms with Crippen LogP contribution in [-0.4, -0.2) is 73.1 Å². The number of imidazole rings is 1. The Kier molecular flexibility index (Phi) is 8.59. The second-order valence-corrected chi connectivity index (χ2v) is 13.4. The topological polar surface area (TPSA) is 156 Å². The van der Waals surface area contributed by atoms with E-state index in [-0.39, 0.29) is 47.9 Å². The van der Waals surface area contributed by atoms with Crippen LogP contribution < -0.4 is 16.8 Å². The summed E-state index contributed by atoms with van der Waals surface area (Å²) in [7, 11) is 0. The van der Waals surface area contributed by atoms with Gasteiger partial charge in [0.2, 0.25) is 5.91 Å². The molecule has 12 nitrogen and oxygen atoms in total. The van der Waals surface area contributed by atoms with Crippen molar-refractivity contribution in [2.24, 2.45) is 5.92 Å². The molecular weight excluding hydrogens is 629 g/mol. The van der Waals surface area contributed by atoms with E-state index in [1.807, 2.05) is 18.4 Å². The summed E-state index contributed by atoms with van der Waals surface area (Å²) in [5.41, 5.74) is 11.7. The minimum Gasteiger partial charge on any atom is -0.397 e. The van der Waals surface area contributed by atoms with Gasteiger partial charge in [-0.1, -0.05) is 11.6 Å². The summed E-state index contributed by atoms with van der Waals surface area (Å²) in [5, 5.41) is 2.00. The molecule has 3 aliphatic rings. The molecule has 1 unspecified atom stereocenters. The minimum atomic E-state index is -4.66. The van der Waals surface area contributed by atoms with E-state index in [9.17, 15) is 18.0 Å². The SMILES string of the molecule is CC(C)N(C[C@H]1OC(n2cnc3c(N)ncnc32)[C@@H]2OC(C)(C)O[C@H]12)C1CC(CCC(=O)Nc2cc(C(F)(F)F)c(Cl)cc2N)C1. The van der Waals surface area contributed by atoms with Crippen LogP contribution in [0.25, 0.3) is 11.2 Å². The number of hydrogen-bond donors (Lipinski definition) is 3. The molecule has 1 aliphatic carbocycles. The zero-order valence-electron chi connectivity index (χ0n) is 25.9. The van der Waals surface area contributed by atoms with Crippen molar-refractivity contribution in [3.63, 3.8) is 0 Å². The van der Waals surface area contributed by atoms with Crippen LogP contribution in [0.15, 0.2) is 24.8 Å². The molecule has 1 aromatic carbocycles. The molecule has 1 saturated carbocycles. The standard InChI is InChI=1S/C30H38ClF3N8O4/c1-14(2)41(16-7-15(8-16)5-6-22(43)40-20-9-17(30(32,33)34)18(31)10-19(20)35)11-21-24-25(46-29(3,4)45-24)28(44-21)42-13-39-23-26(36)37-12-38-27(23)42/h9-10,12-16,21,24-25,28H,5-8,11,35H2,1-4H3,(H,40,43)(H2,36,37,38)/t15?,16?,21-,24-,25-,28?/m1/s1. The highest BCUT2D eigenvalue weighted by molar-refractivity contribution is 6.32. The highest BCUT2D eigenvalue weighted by Crippen LogP contribution is 2.45. The van der Waals surface area contributed by atoms with Gasteiger partial charge < -0.3 is 31.0 Å². The number of hydrogen-bond acceptors (Lipinski definition) is 10. The normalized spacial score (nSPS) is 27.3. The predicted molar refractivity (Wildman–Crippen MR) is 165 cm³/mol. The lowest BCUT2D eigenvalue weighted by molar-refractivity contribution is -0.199. The number of nitrogens with one attached hydrogen (secondary N) is 1. The molecule has 2 aromatic heterocycles. The summed E-state index contributed by atoms with van der Waals surface area (Å²) in [4.78, 5) is 27.9. The first-order chi connectivity index (χ1) is 21.6. The van der Waals surface area contributed by atoms with E-state index in [0.29, 0.717) is 30.0 Å². The number of rotatable bonds is 9. The van der Waals surface area contributed by atoms with E-state index in [2.05, 4.69) is 39.0 Å². The van der Waals surface area contributed by atoms with Gasteiger partial charge in [-0.3, -0.25) is 14.3 Å². The van der Waals surface area contributed by atoms with Gasteiger partial charge in [-0.2, -0.15) is 13.2 Å². The molecule has 3 aromatic rings. The number of alkyl halides is 3. The van der Waals surface area contributed by atoms with Crippen molar-refractivity contribution in [2.75, 3.05) is 23.3 Å². The van der Waals surface area contributed by atoms with Crippen molar-refractivity contribution in [2.45, 2.75) is 102 Å². The molecule has 1 amide bonds. The maximum atomic E-state index is 13.3. The van der Waals surface area contributed by atoms with Crippen molar-refractivity contribution in [1.29, 1.82) is 0 Å². The Labute approximate surface area is 268 Å². The zero-order valence-corrected chi connectivity index (χ0v) is 26.7. The van der Waals surface area contributed by atoms with Crippen molar-refractivity contribution in [1.82, 2.24) is 24.4 Å². The number of nitrogen functional groups attached to an aromatic ring is 2. The molecule has 2 saturated heterocycles. The molecule has 0 radical (unpaired) electrons. The number of anilines is 3. The van der Waals surface area contributed by atoms with Gasteiger partial charge in [0.15, 0.2) is 23.5 Å². The Morgan fingerprint density at radius 1 is 1.17 bits per heavy atom. The van der Waals surface area contributed by atoms with Crippen LogP contribution >= 0.6 is 11.6 Å². The fourth-order valence-corrected chi connectivity index (χ4v) is 7.02. The minimum absolute atomic E-state index is 0.0279. The Morgan fingerprint density at radius 3 is 2.59 bits per heavy atom. The molecule has 2 aliphatic heterocycles. The van der Waals surface area contributed by atoms with Crippen molar-refractivity contribution in [3.05, 3.63) is 35.4 Å². The average Bonchev–Trinajstić information content (AvgIpc) is 3.59. The number of benzene rings is 1. The summed E-state index contributed by atoms with van der Waals surface area (Å²) in [6.45, 7) is 8.64. The molecule has 0 bridgehead atoms.